The maximum atomic E-state index is 12.7. The third kappa shape index (κ3) is 5.64. The largest absolute Gasteiger partial charge is 0.444 e. The summed E-state index contributed by atoms with van der Waals surface area (Å²) in [6, 6.07) is 15.5. The average molecular weight is 493 g/mol. The Morgan fingerprint density at radius 3 is 2.33 bits per heavy atom. The SMILES string of the molecule is CCC(=O)N1c2ccccc2C(Nc2ccc(C(=O)NC3CN(C(=O)OC(C)(C)C)C3)cc2)CC1C. The first-order chi connectivity index (χ1) is 17.1. The molecule has 8 heteroatoms. The first-order valence-corrected chi connectivity index (χ1v) is 12.6. The van der Waals surface area contributed by atoms with E-state index < -0.39 is 5.60 Å². The molecule has 0 saturated carbocycles. The minimum absolute atomic E-state index is 0.0607. The molecular formula is C28H36N4O4. The number of fused-ring (bicyclic) bond motifs is 1. The van der Waals surface area contributed by atoms with Gasteiger partial charge in [0.25, 0.3) is 5.91 Å². The number of anilines is 2. The first kappa shape index (κ1) is 25.5. The second-order valence-corrected chi connectivity index (χ2v) is 10.6. The Balaban J connectivity index is 1.35. The molecule has 2 aliphatic rings. The lowest BCUT2D eigenvalue weighted by molar-refractivity contribution is -0.118. The summed E-state index contributed by atoms with van der Waals surface area (Å²) >= 11 is 0. The van der Waals surface area contributed by atoms with Crippen molar-refractivity contribution in [3.8, 4) is 0 Å². The highest BCUT2D eigenvalue weighted by Gasteiger charge is 2.35. The highest BCUT2D eigenvalue weighted by atomic mass is 16.6. The number of nitrogens with one attached hydrogen (secondary N) is 2. The molecule has 2 aliphatic heterocycles. The van der Waals surface area contributed by atoms with Gasteiger partial charge >= 0.3 is 6.09 Å². The van der Waals surface area contributed by atoms with E-state index in [-0.39, 0.29) is 36.0 Å². The van der Waals surface area contributed by atoms with Crippen LogP contribution in [-0.4, -0.2) is 53.6 Å². The number of para-hydroxylation sites is 1. The number of amides is 3. The first-order valence-electron chi connectivity index (χ1n) is 12.6. The fourth-order valence-electron chi connectivity index (χ4n) is 4.73. The average Bonchev–Trinajstić information content (AvgIpc) is 2.80. The molecule has 1 fully saturated rings. The number of carbonyl (C=O) groups excluding carboxylic acids is 3. The summed E-state index contributed by atoms with van der Waals surface area (Å²) in [5.74, 6) is -0.0369. The number of nitrogens with zero attached hydrogens (tertiary/aromatic N) is 2. The summed E-state index contributed by atoms with van der Waals surface area (Å²) in [7, 11) is 0. The van der Waals surface area contributed by atoms with Crippen molar-refractivity contribution >= 4 is 29.3 Å². The Morgan fingerprint density at radius 1 is 1.03 bits per heavy atom. The van der Waals surface area contributed by atoms with E-state index in [2.05, 4.69) is 23.6 Å². The van der Waals surface area contributed by atoms with Crippen molar-refractivity contribution < 1.29 is 19.1 Å². The molecule has 8 nitrogen and oxygen atoms in total. The molecule has 2 aromatic rings. The van der Waals surface area contributed by atoms with Crippen LogP contribution in [0, 0.1) is 0 Å². The number of rotatable bonds is 5. The molecule has 0 aliphatic carbocycles. The van der Waals surface area contributed by atoms with Crippen molar-refractivity contribution in [3.63, 3.8) is 0 Å². The fourth-order valence-corrected chi connectivity index (χ4v) is 4.73. The van der Waals surface area contributed by atoms with Gasteiger partial charge in [-0.15, -0.1) is 0 Å². The number of ether oxygens (including phenoxy) is 1. The Kier molecular flexibility index (Phi) is 7.24. The maximum absolute atomic E-state index is 12.7. The number of likely N-dealkylation sites (tertiary alicyclic amines) is 1. The Labute approximate surface area is 213 Å². The third-order valence-corrected chi connectivity index (χ3v) is 6.52. The van der Waals surface area contributed by atoms with Crippen molar-refractivity contribution in [3.05, 3.63) is 59.7 Å². The number of carbonyl (C=O) groups is 3. The van der Waals surface area contributed by atoms with Gasteiger partial charge in [-0.05, 0) is 70.0 Å². The van der Waals surface area contributed by atoms with Crippen LogP contribution >= 0.6 is 0 Å². The third-order valence-electron chi connectivity index (χ3n) is 6.52. The topological polar surface area (TPSA) is 91.0 Å². The molecule has 2 heterocycles. The summed E-state index contributed by atoms with van der Waals surface area (Å²) in [4.78, 5) is 40.8. The van der Waals surface area contributed by atoms with Gasteiger partial charge in [0.05, 0.1) is 12.1 Å². The molecule has 192 valence electrons. The van der Waals surface area contributed by atoms with Gasteiger partial charge in [0.2, 0.25) is 5.91 Å². The molecule has 2 atom stereocenters. The Hall–Kier alpha value is -3.55. The molecule has 0 radical (unpaired) electrons. The van der Waals surface area contributed by atoms with Gasteiger partial charge in [-0.3, -0.25) is 9.59 Å². The summed E-state index contributed by atoms with van der Waals surface area (Å²) in [6.45, 7) is 10.3. The van der Waals surface area contributed by atoms with Gasteiger partial charge in [-0.1, -0.05) is 25.1 Å². The molecule has 3 amide bonds. The van der Waals surface area contributed by atoms with Crippen LogP contribution in [-0.2, 0) is 9.53 Å². The fraction of sp³-hybridized carbons (Fsp3) is 0.464. The lowest BCUT2D eigenvalue weighted by Gasteiger charge is -2.40. The standard InChI is InChI=1S/C28H36N4O4/c1-6-25(33)32-18(2)15-23(22-9-7-8-10-24(22)32)29-20-13-11-19(12-14-20)26(34)30-21-16-31(17-21)27(35)36-28(3,4)5/h7-14,18,21,23,29H,6,15-17H2,1-5H3,(H,30,34). The van der Waals surface area contributed by atoms with E-state index in [1.54, 1.807) is 17.0 Å². The highest BCUT2D eigenvalue weighted by Crippen LogP contribution is 2.39. The van der Waals surface area contributed by atoms with E-state index in [0.29, 0.717) is 25.1 Å². The van der Waals surface area contributed by atoms with E-state index in [0.717, 1.165) is 23.4 Å². The smallest absolute Gasteiger partial charge is 0.410 e. The molecule has 0 bridgehead atoms. The minimum atomic E-state index is -0.536. The van der Waals surface area contributed by atoms with E-state index >= 15 is 0 Å². The Morgan fingerprint density at radius 2 is 1.69 bits per heavy atom. The van der Waals surface area contributed by atoms with Crippen LogP contribution in [0.3, 0.4) is 0 Å². The molecule has 1 saturated heterocycles. The molecule has 0 spiro atoms. The molecule has 0 aromatic heterocycles. The zero-order valence-corrected chi connectivity index (χ0v) is 21.7. The van der Waals surface area contributed by atoms with E-state index in [1.807, 2.05) is 62.9 Å². The van der Waals surface area contributed by atoms with E-state index in [9.17, 15) is 14.4 Å². The van der Waals surface area contributed by atoms with Crippen LogP contribution in [0.1, 0.15) is 69.4 Å². The molecule has 2 aromatic carbocycles. The van der Waals surface area contributed by atoms with E-state index in [1.165, 1.54) is 0 Å². The van der Waals surface area contributed by atoms with Crippen LogP contribution < -0.4 is 15.5 Å². The van der Waals surface area contributed by atoms with Crippen molar-refractivity contribution in [2.45, 2.75) is 71.2 Å². The van der Waals surface area contributed by atoms with Gasteiger partial charge in [0, 0.05) is 42.5 Å². The van der Waals surface area contributed by atoms with Crippen LogP contribution in [0.5, 0.6) is 0 Å². The maximum Gasteiger partial charge on any atom is 0.410 e. The summed E-state index contributed by atoms with van der Waals surface area (Å²) < 4.78 is 5.35. The van der Waals surface area contributed by atoms with Gasteiger partial charge < -0.3 is 25.2 Å². The summed E-state index contributed by atoms with van der Waals surface area (Å²) in [5.41, 5.74) is 2.99. The predicted molar refractivity (Wildman–Crippen MR) is 140 cm³/mol. The van der Waals surface area contributed by atoms with Crippen LogP contribution in [0.15, 0.2) is 48.5 Å². The van der Waals surface area contributed by atoms with Gasteiger partial charge in [-0.25, -0.2) is 4.79 Å². The number of hydrogen-bond acceptors (Lipinski definition) is 5. The molecule has 36 heavy (non-hydrogen) atoms. The summed E-state index contributed by atoms with van der Waals surface area (Å²) in [5, 5.41) is 6.56. The monoisotopic (exact) mass is 492 g/mol. The van der Waals surface area contributed by atoms with Crippen molar-refractivity contribution in [2.75, 3.05) is 23.3 Å². The zero-order valence-electron chi connectivity index (χ0n) is 21.7. The highest BCUT2D eigenvalue weighted by molar-refractivity contribution is 5.96. The normalized spacial score (nSPS) is 19.7. The minimum Gasteiger partial charge on any atom is -0.444 e. The van der Waals surface area contributed by atoms with Gasteiger partial charge in [0.1, 0.15) is 5.60 Å². The lowest BCUT2D eigenvalue weighted by atomic mass is 9.91. The predicted octanol–water partition coefficient (Wildman–Crippen LogP) is 4.72. The molecule has 2 N–H and O–H groups in total. The van der Waals surface area contributed by atoms with E-state index in [4.69, 9.17) is 4.74 Å². The van der Waals surface area contributed by atoms with Crippen molar-refractivity contribution in [1.82, 2.24) is 10.2 Å². The second-order valence-electron chi connectivity index (χ2n) is 10.6. The molecule has 4 rings (SSSR count). The number of benzene rings is 2. The van der Waals surface area contributed by atoms with Crippen LogP contribution in [0.25, 0.3) is 0 Å². The molecular weight excluding hydrogens is 456 g/mol. The number of hydrogen-bond donors (Lipinski definition) is 2. The van der Waals surface area contributed by atoms with Gasteiger partial charge in [0.15, 0.2) is 0 Å². The Bertz CT molecular complexity index is 1120. The van der Waals surface area contributed by atoms with Crippen LogP contribution in [0.4, 0.5) is 16.2 Å². The molecule has 2 unspecified atom stereocenters. The van der Waals surface area contributed by atoms with Crippen molar-refractivity contribution in [2.24, 2.45) is 0 Å². The van der Waals surface area contributed by atoms with Crippen molar-refractivity contribution in [1.29, 1.82) is 0 Å². The quantitative estimate of drug-likeness (QED) is 0.630. The zero-order chi connectivity index (χ0) is 26.0. The van der Waals surface area contributed by atoms with Gasteiger partial charge in [-0.2, -0.15) is 0 Å². The second kappa shape index (κ2) is 10.2. The van der Waals surface area contributed by atoms with Crippen LogP contribution in [0.2, 0.25) is 0 Å². The summed E-state index contributed by atoms with van der Waals surface area (Å²) in [6.07, 6.45) is 0.908. The lowest BCUT2D eigenvalue weighted by Crippen LogP contribution is -2.61.